The molecule has 100 valence electrons. The van der Waals surface area contributed by atoms with E-state index in [1.54, 1.807) is 12.3 Å². The minimum absolute atomic E-state index is 0.0563. The summed E-state index contributed by atoms with van der Waals surface area (Å²) in [6.45, 7) is 2.12. The van der Waals surface area contributed by atoms with Crippen LogP contribution >= 0.6 is 15.9 Å². The van der Waals surface area contributed by atoms with Gasteiger partial charge in [-0.1, -0.05) is 43.7 Å². The molecule has 0 bridgehead atoms. The molecule has 2 aromatic rings. The van der Waals surface area contributed by atoms with E-state index in [-0.39, 0.29) is 11.9 Å². The molecule has 0 aliphatic carbocycles. The number of hydrogen-bond donors (Lipinski definition) is 2. The van der Waals surface area contributed by atoms with E-state index >= 15 is 0 Å². The Morgan fingerprint density at radius 3 is 2.68 bits per heavy atom. The molecule has 0 aliphatic heterocycles. The van der Waals surface area contributed by atoms with Gasteiger partial charge in [-0.05, 0) is 34.0 Å². The molecule has 1 aromatic heterocycles. The number of aromatic amines is 1. The zero-order valence-corrected chi connectivity index (χ0v) is 12.4. The van der Waals surface area contributed by atoms with Crippen molar-refractivity contribution >= 4 is 21.8 Å². The fourth-order valence-corrected chi connectivity index (χ4v) is 2.37. The predicted molar refractivity (Wildman–Crippen MR) is 80.0 cm³/mol. The van der Waals surface area contributed by atoms with Gasteiger partial charge in [-0.2, -0.15) is 0 Å². The molecule has 2 N–H and O–H groups in total. The van der Waals surface area contributed by atoms with Gasteiger partial charge < -0.3 is 10.3 Å². The Morgan fingerprint density at radius 2 is 2.11 bits per heavy atom. The van der Waals surface area contributed by atoms with Crippen molar-refractivity contribution in [2.75, 3.05) is 0 Å². The molecule has 1 unspecified atom stereocenters. The normalized spacial score (nSPS) is 12.1. The molecule has 4 heteroatoms. The van der Waals surface area contributed by atoms with Gasteiger partial charge in [0.05, 0.1) is 6.04 Å². The SMILES string of the molecule is CCCC(NC(=O)c1cc(Br)c[nH]1)c1ccccc1. The lowest BCUT2D eigenvalue weighted by atomic mass is 10.0. The van der Waals surface area contributed by atoms with Crippen LogP contribution in [0.4, 0.5) is 0 Å². The molecule has 0 spiro atoms. The molecule has 0 saturated carbocycles. The maximum Gasteiger partial charge on any atom is 0.268 e. The molecule has 1 atom stereocenters. The number of H-pyrrole nitrogens is 1. The fourth-order valence-electron chi connectivity index (χ4n) is 2.03. The number of aromatic nitrogens is 1. The highest BCUT2D eigenvalue weighted by Crippen LogP contribution is 2.19. The molecule has 19 heavy (non-hydrogen) atoms. The van der Waals surface area contributed by atoms with Crippen molar-refractivity contribution in [3.63, 3.8) is 0 Å². The summed E-state index contributed by atoms with van der Waals surface area (Å²) in [5, 5.41) is 3.07. The average Bonchev–Trinajstić information content (AvgIpc) is 2.86. The highest BCUT2D eigenvalue weighted by Gasteiger charge is 2.15. The third-order valence-corrected chi connectivity index (χ3v) is 3.43. The number of amides is 1. The summed E-state index contributed by atoms with van der Waals surface area (Å²) in [5.74, 6) is -0.0759. The van der Waals surface area contributed by atoms with Crippen molar-refractivity contribution in [3.8, 4) is 0 Å². The van der Waals surface area contributed by atoms with Gasteiger partial charge in [-0.3, -0.25) is 4.79 Å². The van der Waals surface area contributed by atoms with Gasteiger partial charge in [0.15, 0.2) is 0 Å². The third kappa shape index (κ3) is 3.70. The molecule has 2 rings (SSSR count). The number of hydrogen-bond acceptors (Lipinski definition) is 1. The molecule has 0 fully saturated rings. The number of rotatable bonds is 5. The molecule has 0 saturated heterocycles. The van der Waals surface area contributed by atoms with Gasteiger partial charge in [-0.25, -0.2) is 0 Å². The van der Waals surface area contributed by atoms with Crippen LogP contribution in [0.1, 0.15) is 41.9 Å². The monoisotopic (exact) mass is 320 g/mol. The summed E-state index contributed by atoms with van der Waals surface area (Å²) in [4.78, 5) is 15.1. The van der Waals surface area contributed by atoms with E-state index in [1.807, 2.05) is 30.3 Å². The summed E-state index contributed by atoms with van der Waals surface area (Å²) in [6, 6.07) is 11.9. The highest BCUT2D eigenvalue weighted by molar-refractivity contribution is 9.10. The van der Waals surface area contributed by atoms with Crippen molar-refractivity contribution in [1.82, 2.24) is 10.3 Å². The molecular weight excluding hydrogens is 304 g/mol. The quantitative estimate of drug-likeness (QED) is 0.857. The van der Waals surface area contributed by atoms with Crippen LogP contribution in [0.5, 0.6) is 0 Å². The minimum atomic E-state index is -0.0759. The first-order valence-corrected chi connectivity index (χ1v) is 7.19. The van der Waals surface area contributed by atoms with Gasteiger partial charge in [0, 0.05) is 10.7 Å². The van der Waals surface area contributed by atoms with Crippen molar-refractivity contribution in [3.05, 3.63) is 58.3 Å². The second kappa shape index (κ2) is 6.57. The molecule has 3 nitrogen and oxygen atoms in total. The second-order valence-corrected chi connectivity index (χ2v) is 5.37. The first-order valence-electron chi connectivity index (χ1n) is 6.40. The molecule has 0 aliphatic rings. The standard InChI is InChI=1S/C15H17BrN2O/c1-2-6-13(11-7-4-3-5-8-11)18-15(19)14-9-12(16)10-17-14/h3-5,7-10,13,17H,2,6H2,1H3,(H,18,19). The largest absolute Gasteiger partial charge is 0.356 e. The Balaban J connectivity index is 2.11. The maximum atomic E-state index is 12.2. The number of benzene rings is 1. The lowest BCUT2D eigenvalue weighted by Gasteiger charge is -2.18. The average molecular weight is 321 g/mol. The van der Waals surface area contributed by atoms with E-state index in [0.29, 0.717) is 5.69 Å². The first-order chi connectivity index (χ1) is 9.20. The Kier molecular flexibility index (Phi) is 4.80. The molecule has 1 amide bonds. The van der Waals surface area contributed by atoms with Gasteiger partial charge in [0.1, 0.15) is 5.69 Å². The van der Waals surface area contributed by atoms with Gasteiger partial charge in [0.2, 0.25) is 0 Å². The van der Waals surface area contributed by atoms with Crippen LogP contribution in [0.3, 0.4) is 0 Å². The predicted octanol–water partition coefficient (Wildman–Crippen LogP) is 4.05. The third-order valence-electron chi connectivity index (χ3n) is 2.98. The van der Waals surface area contributed by atoms with Crippen molar-refractivity contribution in [1.29, 1.82) is 0 Å². The van der Waals surface area contributed by atoms with E-state index in [2.05, 4.69) is 33.2 Å². The van der Waals surface area contributed by atoms with E-state index in [4.69, 9.17) is 0 Å². The zero-order chi connectivity index (χ0) is 13.7. The van der Waals surface area contributed by atoms with Gasteiger partial charge in [-0.15, -0.1) is 0 Å². The summed E-state index contributed by atoms with van der Waals surface area (Å²) < 4.78 is 0.879. The second-order valence-electron chi connectivity index (χ2n) is 4.46. The Labute approximate surface area is 121 Å². The smallest absolute Gasteiger partial charge is 0.268 e. The van der Waals surface area contributed by atoms with Gasteiger partial charge in [0.25, 0.3) is 5.91 Å². The lowest BCUT2D eigenvalue weighted by Crippen LogP contribution is -2.28. The molecule has 1 heterocycles. The summed E-state index contributed by atoms with van der Waals surface area (Å²) in [7, 11) is 0. The minimum Gasteiger partial charge on any atom is -0.356 e. The van der Waals surface area contributed by atoms with Crippen LogP contribution in [-0.2, 0) is 0 Å². The van der Waals surface area contributed by atoms with Crippen molar-refractivity contribution in [2.45, 2.75) is 25.8 Å². The van der Waals surface area contributed by atoms with Crippen LogP contribution in [0.25, 0.3) is 0 Å². The van der Waals surface area contributed by atoms with E-state index < -0.39 is 0 Å². The molecule has 0 radical (unpaired) electrons. The fraction of sp³-hybridized carbons (Fsp3) is 0.267. The number of nitrogens with one attached hydrogen (secondary N) is 2. The van der Waals surface area contributed by atoms with Crippen LogP contribution in [-0.4, -0.2) is 10.9 Å². The van der Waals surface area contributed by atoms with E-state index in [1.165, 1.54) is 0 Å². The summed E-state index contributed by atoms with van der Waals surface area (Å²) >= 11 is 3.33. The van der Waals surface area contributed by atoms with Crippen LogP contribution in [0.2, 0.25) is 0 Å². The van der Waals surface area contributed by atoms with Crippen LogP contribution in [0.15, 0.2) is 47.1 Å². The first kappa shape index (κ1) is 13.9. The van der Waals surface area contributed by atoms with E-state index in [0.717, 1.165) is 22.9 Å². The topological polar surface area (TPSA) is 44.9 Å². The van der Waals surface area contributed by atoms with Crippen molar-refractivity contribution < 1.29 is 4.79 Å². The maximum absolute atomic E-state index is 12.2. The summed E-state index contributed by atoms with van der Waals surface area (Å²) in [6.07, 6.45) is 3.71. The van der Waals surface area contributed by atoms with Crippen molar-refractivity contribution in [2.24, 2.45) is 0 Å². The Hall–Kier alpha value is -1.55. The molecular formula is C15H17BrN2O. The van der Waals surface area contributed by atoms with E-state index in [9.17, 15) is 4.79 Å². The van der Waals surface area contributed by atoms with Crippen LogP contribution in [0, 0.1) is 0 Å². The molecule has 1 aromatic carbocycles. The van der Waals surface area contributed by atoms with Gasteiger partial charge >= 0.3 is 0 Å². The zero-order valence-electron chi connectivity index (χ0n) is 10.8. The summed E-state index contributed by atoms with van der Waals surface area (Å²) in [5.41, 5.74) is 1.72. The number of carbonyl (C=O) groups is 1. The van der Waals surface area contributed by atoms with Crippen LogP contribution < -0.4 is 5.32 Å². The Bertz CT molecular complexity index is 536. The lowest BCUT2D eigenvalue weighted by molar-refractivity contribution is 0.0930. The number of halogens is 1. The highest BCUT2D eigenvalue weighted by atomic mass is 79.9. The number of carbonyl (C=O) groups excluding carboxylic acids is 1. The Morgan fingerprint density at radius 1 is 1.37 bits per heavy atom.